The Kier molecular flexibility index (Phi) is 4.62. The summed E-state index contributed by atoms with van der Waals surface area (Å²) in [6, 6.07) is 3.76. The zero-order chi connectivity index (χ0) is 20.7. The van der Waals surface area contributed by atoms with Crippen LogP contribution < -0.4 is 10.6 Å². The van der Waals surface area contributed by atoms with Gasteiger partial charge in [0.05, 0.1) is 36.2 Å². The monoisotopic (exact) mass is 413 g/mol. The number of hydrogen-bond acceptors (Lipinski definition) is 5. The van der Waals surface area contributed by atoms with Crippen molar-refractivity contribution in [1.82, 2.24) is 29.7 Å². The number of nitrogens with one attached hydrogen (secondary N) is 3. The van der Waals surface area contributed by atoms with Crippen LogP contribution in [-0.4, -0.2) is 49.6 Å². The van der Waals surface area contributed by atoms with Crippen molar-refractivity contribution in [3.63, 3.8) is 0 Å². The van der Waals surface area contributed by atoms with Crippen LogP contribution >= 0.6 is 0 Å². The number of halogens is 3. The van der Waals surface area contributed by atoms with E-state index in [1.54, 1.807) is 23.1 Å². The molecule has 5 heterocycles. The Morgan fingerprint density at radius 3 is 2.87 bits per heavy atom. The molecular formula is C20H18F3N7. The van der Waals surface area contributed by atoms with Crippen molar-refractivity contribution in [3.05, 3.63) is 54.8 Å². The van der Waals surface area contributed by atoms with E-state index < -0.39 is 23.8 Å². The highest BCUT2D eigenvalue weighted by Gasteiger charge is 2.26. The van der Waals surface area contributed by atoms with Gasteiger partial charge in [-0.05, 0) is 25.1 Å². The molecule has 5 rings (SSSR count). The lowest BCUT2D eigenvalue weighted by Gasteiger charge is -2.28. The number of nitrogens with zero attached hydrogens (tertiary/aromatic N) is 4. The normalized spacial score (nSPS) is 19.3. The van der Waals surface area contributed by atoms with Crippen LogP contribution in [0.15, 0.2) is 43.1 Å². The standard InChI is InChI=1S/C20H18F3N7/c21-12-1-3-24-8-16(12)28-20-14(23)6-13(22)19(29-20)17-9-26-18-5-11(2-4-30(17)18)15-7-25-10-27-15/h2,4-7,9-10,12,16,24H,1,3,8H2,(H,25,27)(H,28,29)/t12-,16-/m0/s1. The van der Waals surface area contributed by atoms with Gasteiger partial charge in [0.15, 0.2) is 17.5 Å². The van der Waals surface area contributed by atoms with Crippen LogP contribution in [0.2, 0.25) is 0 Å². The van der Waals surface area contributed by atoms with Crippen LogP contribution in [-0.2, 0) is 0 Å². The predicted octanol–water partition coefficient (Wildman–Crippen LogP) is 3.18. The maximum Gasteiger partial charge on any atom is 0.168 e. The minimum Gasteiger partial charge on any atom is -0.361 e. The summed E-state index contributed by atoms with van der Waals surface area (Å²) in [6.45, 7) is 0.896. The Morgan fingerprint density at radius 2 is 2.07 bits per heavy atom. The Hall–Kier alpha value is -3.40. The van der Waals surface area contributed by atoms with Crippen molar-refractivity contribution >= 4 is 11.5 Å². The number of pyridine rings is 2. The molecule has 3 N–H and O–H groups in total. The van der Waals surface area contributed by atoms with Crippen LogP contribution in [0.4, 0.5) is 19.0 Å². The molecule has 10 heteroatoms. The summed E-state index contributed by atoms with van der Waals surface area (Å²) in [4.78, 5) is 15.5. The molecule has 0 unspecified atom stereocenters. The van der Waals surface area contributed by atoms with E-state index in [1.165, 1.54) is 6.20 Å². The fraction of sp³-hybridized carbons (Fsp3) is 0.250. The molecular weight excluding hydrogens is 395 g/mol. The molecule has 0 saturated carbocycles. The molecule has 0 spiro atoms. The van der Waals surface area contributed by atoms with Crippen LogP contribution in [0.25, 0.3) is 28.3 Å². The van der Waals surface area contributed by atoms with Crippen LogP contribution in [0.3, 0.4) is 0 Å². The molecule has 154 valence electrons. The second kappa shape index (κ2) is 7.45. The highest BCUT2D eigenvalue weighted by molar-refractivity contribution is 5.68. The molecule has 4 aromatic rings. The quantitative estimate of drug-likeness (QED) is 0.479. The molecule has 1 fully saturated rings. The number of aromatic nitrogens is 5. The van der Waals surface area contributed by atoms with Gasteiger partial charge in [-0.3, -0.25) is 4.40 Å². The highest BCUT2D eigenvalue weighted by Crippen LogP contribution is 2.28. The van der Waals surface area contributed by atoms with Gasteiger partial charge in [0.2, 0.25) is 0 Å². The first-order valence-corrected chi connectivity index (χ1v) is 9.54. The topological polar surface area (TPSA) is 82.9 Å². The molecule has 30 heavy (non-hydrogen) atoms. The summed E-state index contributed by atoms with van der Waals surface area (Å²) in [7, 11) is 0. The first kappa shape index (κ1) is 18.6. The second-order valence-corrected chi connectivity index (χ2v) is 7.16. The van der Waals surface area contributed by atoms with E-state index in [2.05, 4.69) is 30.6 Å². The first-order chi connectivity index (χ1) is 14.6. The van der Waals surface area contributed by atoms with Gasteiger partial charge in [-0.15, -0.1) is 0 Å². The molecule has 0 bridgehead atoms. The largest absolute Gasteiger partial charge is 0.361 e. The van der Waals surface area contributed by atoms with E-state index in [9.17, 15) is 13.2 Å². The van der Waals surface area contributed by atoms with Crippen molar-refractivity contribution in [2.45, 2.75) is 18.6 Å². The van der Waals surface area contributed by atoms with Crippen molar-refractivity contribution in [3.8, 4) is 22.6 Å². The Bertz CT molecular complexity index is 1190. The summed E-state index contributed by atoms with van der Waals surface area (Å²) >= 11 is 0. The molecule has 1 aliphatic heterocycles. The van der Waals surface area contributed by atoms with Crippen LogP contribution in [0.1, 0.15) is 6.42 Å². The summed E-state index contributed by atoms with van der Waals surface area (Å²) in [5.74, 6) is -1.88. The number of H-pyrrole nitrogens is 1. The SMILES string of the molecule is Fc1cc(F)c(-c2cnc3cc(-c4cnc[nH]4)ccn23)nc1N[C@H]1CNCC[C@@H]1F. The number of aromatic amines is 1. The van der Waals surface area contributed by atoms with Gasteiger partial charge in [-0.25, -0.2) is 28.1 Å². The van der Waals surface area contributed by atoms with E-state index in [0.29, 0.717) is 30.9 Å². The molecule has 1 aliphatic rings. The lowest BCUT2D eigenvalue weighted by atomic mass is 10.1. The third-order valence-electron chi connectivity index (χ3n) is 5.21. The van der Waals surface area contributed by atoms with Gasteiger partial charge in [0, 0.05) is 24.4 Å². The Balaban J connectivity index is 1.52. The zero-order valence-electron chi connectivity index (χ0n) is 15.7. The van der Waals surface area contributed by atoms with Crippen molar-refractivity contribution in [1.29, 1.82) is 0 Å². The molecule has 0 radical (unpaired) electrons. The van der Waals surface area contributed by atoms with Crippen molar-refractivity contribution in [2.75, 3.05) is 18.4 Å². The van der Waals surface area contributed by atoms with Gasteiger partial charge >= 0.3 is 0 Å². The lowest BCUT2D eigenvalue weighted by Crippen LogP contribution is -2.46. The molecule has 2 atom stereocenters. The van der Waals surface area contributed by atoms with E-state index in [0.717, 1.165) is 17.3 Å². The van der Waals surface area contributed by atoms with E-state index in [4.69, 9.17) is 0 Å². The molecule has 0 aliphatic carbocycles. The van der Waals surface area contributed by atoms with E-state index in [-0.39, 0.29) is 11.5 Å². The lowest BCUT2D eigenvalue weighted by molar-refractivity contribution is 0.240. The first-order valence-electron chi connectivity index (χ1n) is 9.54. The van der Waals surface area contributed by atoms with Gasteiger partial charge in [-0.2, -0.15) is 0 Å². The average molecular weight is 413 g/mol. The van der Waals surface area contributed by atoms with Crippen molar-refractivity contribution in [2.24, 2.45) is 0 Å². The fourth-order valence-corrected chi connectivity index (χ4v) is 3.63. The number of hydrogen-bond donors (Lipinski definition) is 3. The van der Waals surface area contributed by atoms with Gasteiger partial charge in [-0.1, -0.05) is 0 Å². The molecule has 7 nitrogen and oxygen atoms in total. The van der Waals surface area contributed by atoms with Gasteiger partial charge < -0.3 is 15.6 Å². The molecule has 0 amide bonds. The Morgan fingerprint density at radius 1 is 1.17 bits per heavy atom. The number of rotatable bonds is 4. The van der Waals surface area contributed by atoms with Crippen LogP contribution in [0.5, 0.6) is 0 Å². The van der Waals surface area contributed by atoms with Gasteiger partial charge in [0.1, 0.15) is 17.5 Å². The minimum absolute atomic E-state index is 0.0696. The second-order valence-electron chi connectivity index (χ2n) is 7.16. The smallest absolute Gasteiger partial charge is 0.168 e. The summed E-state index contributed by atoms with van der Waals surface area (Å²) in [5, 5.41) is 5.82. The number of fused-ring (bicyclic) bond motifs is 1. The summed E-state index contributed by atoms with van der Waals surface area (Å²) < 4.78 is 44.7. The molecule has 0 aromatic carbocycles. The fourth-order valence-electron chi connectivity index (χ4n) is 3.63. The van der Waals surface area contributed by atoms with Gasteiger partial charge in [0.25, 0.3) is 0 Å². The molecule has 4 aromatic heterocycles. The summed E-state index contributed by atoms with van der Waals surface area (Å²) in [5.41, 5.74) is 2.55. The van der Waals surface area contributed by atoms with Crippen molar-refractivity contribution < 1.29 is 13.2 Å². The maximum atomic E-state index is 14.6. The number of alkyl halides is 1. The van der Waals surface area contributed by atoms with E-state index in [1.807, 2.05) is 12.1 Å². The Labute approximate surface area is 169 Å². The highest BCUT2D eigenvalue weighted by atomic mass is 19.1. The third-order valence-corrected chi connectivity index (χ3v) is 5.21. The number of piperidine rings is 1. The van der Waals surface area contributed by atoms with Crippen LogP contribution in [0, 0.1) is 11.6 Å². The maximum absolute atomic E-state index is 14.6. The number of anilines is 1. The predicted molar refractivity (Wildman–Crippen MR) is 106 cm³/mol. The zero-order valence-corrected chi connectivity index (χ0v) is 15.7. The third kappa shape index (κ3) is 3.28. The summed E-state index contributed by atoms with van der Waals surface area (Å²) in [6.07, 6.45) is 5.64. The average Bonchev–Trinajstić information content (AvgIpc) is 3.41. The minimum atomic E-state index is -1.14. The van der Waals surface area contributed by atoms with E-state index >= 15 is 0 Å². The number of imidazole rings is 2. The molecule has 1 saturated heterocycles.